The Morgan fingerprint density at radius 1 is 0.980 bits per heavy atom. The number of aryl methyl sites for hydroxylation is 1. The van der Waals surface area contributed by atoms with Gasteiger partial charge in [0.2, 0.25) is 5.91 Å². The molecule has 0 bridgehead atoms. The van der Waals surface area contributed by atoms with Gasteiger partial charge in [0.1, 0.15) is 17.2 Å². The van der Waals surface area contributed by atoms with E-state index in [1.807, 2.05) is 30.3 Å². The summed E-state index contributed by atoms with van der Waals surface area (Å²) in [4.78, 5) is 40.0. The molecule has 3 aromatic heterocycles. The number of carbonyl (C=O) groups excluding carboxylic acids is 2. The summed E-state index contributed by atoms with van der Waals surface area (Å²) in [5.41, 5.74) is 3.66. The van der Waals surface area contributed by atoms with Crippen molar-refractivity contribution < 1.29 is 23.8 Å². The minimum Gasteiger partial charge on any atom is -0.506 e. The van der Waals surface area contributed by atoms with Crippen LogP contribution in [-0.2, 0) is 17.9 Å². The molecule has 0 aliphatic carbocycles. The first-order valence-corrected chi connectivity index (χ1v) is 16.3. The number of rotatable bonds is 9. The second kappa shape index (κ2) is 13.9. The van der Waals surface area contributed by atoms with E-state index >= 15 is 4.39 Å². The fraction of sp³-hybridized carbons (Fsp3) is 0.306. The number of para-hydroxylation sites is 1. The minimum atomic E-state index is -0.476. The third-order valence-corrected chi connectivity index (χ3v) is 9.26. The topological polar surface area (TPSA) is 133 Å². The molecule has 2 N–H and O–H groups in total. The fourth-order valence-corrected chi connectivity index (χ4v) is 6.61. The largest absolute Gasteiger partial charge is 0.506 e. The lowest BCUT2D eigenvalue weighted by Gasteiger charge is -2.34. The Balaban J connectivity index is 1.17. The number of nitrogens with zero attached hydrogens (tertiary/aromatic N) is 7. The van der Waals surface area contributed by atoms with Crippen LogP contribution in [0.15, 0.2) is 73.2 Å². The van der Waals surface area contributed by atoms with Gasteiger partial charge in [-0.15, -0.1) is 5.10 Å². The highest BCUT2D eigenvalue weighted by Gasteiger charge is 2.28. The van der Waals surface area contributed by atoms with Crippen LogP contribution in [0.25, 0.3) is 27.6 Å². The summed E-state index contributed by atoms with van der Waals surface area (Å²) in [5, 5.41) is 18.4. The van der Waals surface area contributed by atoms with Crippen LogP contribution in [0.4, 0.5) is 4.39 Å². The van der Waals surface area contributed by atoms with E-state index in [2.05, 4.69) is 25.2 Å². The number of nitrogens with one attached hydrogen (secondary N) is 1. The molecule has 0 radical (unpaired) electrons. The zero-order chi connectivity index (χ0) is 33.9. The summed E-state index contributed by atoms with van der Waals surface area (Å²) in [6.45, 7) is 3.86. The number of H-pyrrole nitrogens is 1. The number of hydrogen-bond acceptors (Lipinski definition) is 8. The van der Waals surface area contributed by atoms with E-state index in [1.165, 1.54) is 0 Å². The van der Waals surface area contributed by atoms with Crippen molar-refractivity contribution in [3.63, 3.8) is 0 Å². The molecule has 5 heterocycles. The lowest BCUT2D eigenvalue weighted by atomic mass is 9.93. The molecule has 2 aliphatic rings. The van der Waals surface area contributed by atoms with Crippen LogP contribution >= 0.6 is 0 Å². The minimum absolute atomic E-state index is 0.0442. The van der Waals surface area contributed by atoms with Crippen LogP contribution in [0.3, 0.4) is 0 Å². The Kier molecular flexibility index (Phi) is 9.07. The van der Waals surface area contributed by atoms with Crippen LogP contribution in [0.1, 0.15) is 34.6 Å². The number of aromatic amines is 1. The number of hydrogen-bond donors (Lipinski definition) is 2. The van der Waals surface area contributed by atoms with Crippen molar-refractivity contribution in [3.8, 4) is 22.6 Å². The average molecular weight is 665 g/mol. The Bertz CT molecular complexity index is 2020. The number of amides is 2. The van der Waals surface area contributed by atoms with Gasteiger partial charge >= 0.3 is 0 Å². The van der Waals surface area contributed by atoms with Gasteiger partial charge in [-0.3, -0.25) is 24.2 Å². The molecule has 13 heteroatoms. The van der Waals surface area contributed by atoms with Gasteiger partial charge in [0, 0.05) is 81.1 Å². The molecule has 5 aromatic rings. The number of aromatic nitrogens is 5. The molecular weight excluding hydrogens is 627 g/mol. The summed E-state index contributed by atoms with van der Waals surface area (Å²) in [5.74, 6) is 0.0309. The summed E-state index contributed by atoms with van der Waals surface area (Å²) < 4.78 is 23.9. The maximum Gasteiger partial charge on any atom is 0.270 e. The van der Waals surface area contributed by atoms with Crippen molar-refractivity contribution >= 4 is 28.3 Å². The smallest absolute Gasteiger partial charge is 0.270 e. The maximum atomic E-state index is 16.6. The van der Waals surface area contributed by atoms with Gasteiger partial charge < -0.3 is 24.6 Å². The SMILES string of the molecule is COc1ccccc1-c1cc(C2=CCCN(C(=O)CCn3ccnn3)C2)c(F)c2[nH]c(C(=O)N3CCN(Cc4ncccc4O)CC3)cc12. The van der Waals surface area contributed by atoms with E-state index in [0.717, 1.165) is 11.1 Å². The van der Waals surface area contributed by atoms with E-state index in [4.69, 9.17) is 4.74 Å². The Morgan fingerprint density at radius 2 is 1.82 bits per heavy atom. The van der Waals surface area contributed by atoms with Crippen molar-refractivity contribution in [2.45, 2.75) is 25.9 Å². The zero-order valence-corrected chi connectivity index (χ0v) is 27.2. The van der Waals surface area contributed by atoms with Crippen molar-refractivity contribution in [2.24, 2.45) is 0 Å². The number of ether oxygens (including phenoxy) is 1. The molecule has 0 atom stereocenters. The second-order valence-electron chi connectivity index (χ2n) is 12.2. The third-order valence-electron chi connectivity index (χ3n) is 9.26. The highest BCUT2D eigenvalue weighted by molar-refractivity contribution is 6.05. The molecule has 0 unspecified atom stereocenters. The molecule has 7 rings (SSSR count). The molecule has 1 saturated heterocycles. The fourth-order valence-electron chi connectivity index (χ4n) is 6.61. The highest BCUT2D eigenvalue weighted by atomic mass is 19.1. The van der Waals surface area contributed by atoms with Crippen molar-refractivity contribution in [1.82, 2.24) is 39.7 Å². The molecule has 2 aromatic carbocycles. The van der Waals surface area contributed by atoms with E-state index in [-0.39, 0.29) is 36.0 Å². The van der Waals surface area contributed by atoms with Gasteiger partial charge in [-0.1, -0.05) is 29.5 Å². The molecule has 2 amide bonds. The molecule has 1 fully saturated rings. The summed E-state index contributed by atoms with van der Waals surface area (Å²) >= 11 is 0. The molecule has 0 saturated carbocycles. The molecule has 0 spiro atoms. The van der Waals surface area contributed by atoms with E-state index in [0.29, 0.717) is 85.9 Å². The Morgan fingerprint density at radius 3 is 2.59 bits per heavy atom. The molecule has 12 nitrogen and oxygen atoms in total. The first kappa shape index (κ1) is 32.0. The number of methoxy groups -OCH3 is 1. The first-order chi connectivity index (χ1) is 23.9. The highest BCUT2D eigenvalue weighted by Crippen LogP contribution is 2.40. The number of aromatic hydroxyl groups is 1. The van der Waals surface area contributed by atoms with Crippen LogP contribution in [0, 0.1) is 5.82 Å². The van der Waals surface area contributed by atoms with Gasteiger partial charge in [-0.2, -0.15) is 0 Å². The lowest BCUT2D eigenvalue weighted by Crippen LogP contribution is -2.48. The van der Waals surface area contributed by atoms with Crippen LogP contribution in [-0.4, -0.2) is 103 Å². The molecule has 252 valence electrons. The van der Waals surface area contributed by atoms with Crippen molar-refractivity contribution in [1.29, 1.82) is 0 Å². The number of fused-ring (bicyclic) bond motifs is 1. The summed E-state index contributed by atoms with van der Waals surface area (Å²) in [6, 6.07) is 14.4. The maximum absolute atomic E-state index is 16.6. The normalized spacial score (nSPS) is 15.4. The molecule has 49 heavy (non-hydrogen) atoms. The van der Waals surface area contributed by atoms with Gasteiger partial charge in [0.05, 0.1) is 31.1 Å². The molecule has 2 aliphatic heterocycles. The third kappa shape index (κ3) is 6.61. The summed E-state index contributed by atoms with van der Waals surface area (Å²) in [7, 11) is 1.59. The lowest BCUT2D eigenvalue weighted by molar-refractivity contribution is -0.131. The van der Waals surface area contributed by atoms with Crippen LogP contribution < -0.4 is 4.74 Å². The average Bonchev–Trinajstić information content (AvgIpc) is 3.83. The number of halogens is 1. The van der Waals surface area contributed by atoms with Crippen molar-refractivity contribution in [3.05, 3.63) is 96.0 Å². The van der Waals surface area contributed by atoms with E-state index in [9.17, 15) is 14.7 Å². The Hall–Kier alpha value is -5.56. The van der Waals surface area contributed by atoms with E-state index in [1.54, 1.807) is 64.4 Å². The zero-order valence-electron chi connectivity index (χ0n) is 27.2. The number of carbonyl (C=O) groups is 2. The monoisotopic (exact) mass is 664 g/mol. The van der Waals surface area contributed by atoms with Gasteiger partial charge in [-0.25, -0.2) is 4.39 Å². The van der Waals surface area contributed by atoms with Gasteiger partial charge in [-0.05, 0) is 47.9 Å². The number of piperazine rings is 1. The van der Waals surface area contributed by atoms with E-state index < -0.39 is 5.82 Å². The second-order valence-corrected chi connectivity index (χ2v) is 12.2. The quantitative estimate of drug-likeness (QED) is 0.238. The van der Waals surface area contributed by atoms with Gasteiger partial charge in [0.15, 0.2) is 5.82 Å². The van der Waals surface area contributed by atoms with Crippen molar-refractivity contribution in [2.75, 3.05) is 46.4 Å². The van der Waals surface area contributed by atoms with Crippen LogP contribution in [0.5, 0.6) is 11.5 Å². The predicted molar refractivity (Wildman–Crippen MR) is 181 cm³/mol. The Labute approximate surface area is 282 Å². The first-order valence-electron chi connectivity index (χ1n) is 16.3. The number of benzene rings is 2. The summed E-state index contributed by atoms with van der Waals surface area (Å²) in [6.07, 6.45) is 7.76. The standard InChI is InChI=1S/C36H37FN8O4/c1-49-32-9-3-2-7-25(32)27-20-26(24-6-5-13-44(22-24)33(47)10-14-45-15-12-39-41-45)34(37)35-28(27)21-29(40-35)36(48)43-18-16-42(17-19-43)23-30-31(46)8-4-11-38-30/h2-4,6-9,11-12,15,20-21,40,46H,5,10,13-14,16-19,22-23H2,1H3. The molecular formula is C36H37FN8O4. The predicted octanol–water partition coefficient (Wildman–Crippen LogP) is 4.34. The van der Waals surface area contributed by atoms with Crippen LogP contribution in [0.2, 0.25) is 0 Å². The van der Waals surface area contributed by atoms with Gasteiger partial charge in [0.25, 0.3) is 5.91 Å². The number of pyridine rings is 1.